The highest BCUT2D eigenvalue weighted by atomic mass is 79.9. The Morgan fingerprint density at radius 3 is 1.53 bits per heavy atom. The van der Waals surface area contributed by atoms with E-state index in [1.54, 1.807) is 0 Å². The molecular formula is C3Br2F6O3S. The maximum absolute atomic E-state index is 12.7. The fraction of sp³-hybridized carbons (Fsp3) is 1.00. The van der Waals surface area contributed by atoms with E-state index >= 15 is 0 Å². The molecule has 0 bridgehead atoms. The lowest BCUT2D eigenvalue weighted by molar-refractivity contribution is -0.261. The topological polar surface area (TPSA) is 43.4 Å². The number of rotatable bonds is 4. The molecule has 0 aliphatic rings. The van der Waals surface area contributed by atoms with E-state index in [1.807, 2.05) is 0 Å². The average Bonchev–Trinajstić information content (AvgIpc) is 1.77. The molecule has 0 fully saturated rings. The molecule has 12 heteroatoms. The molecule has 1 unspecified atom stereocenters. The number of alkyl halides is 7. The van der Waals surface area contributed by atoms with Crippen LogP contribution in [0.15, 0.2) is 0 Å². The van der Waals surface area contributed by atoms with Crippen LogP contribution >= 0.6 is 31.9 Å². The summed E-state index contributed by atoms with van der Waals surface area (Å²) in [6, 6.07) is 0. The second-order valence-corrected chi connectivity index (χ2v) is 5.11. The Hall–Kier alpha value is 0.450. The van der Waals surface area contributed by atoms with E-state index in [0.717, 1.165) is 0 Å². The van der Waals surface area contributed by atoms with Crippen molar-refractivity contribution >= 4 is 42.4 Å². The van der Waals surface area contributed by atoms with Gasteiger partial charge in [0.05, 0.1) is 0 Å². The lowest BCUT2D eigenvalue weighted by Gasteiger charge is -2.29. The van der Waals surface area contributed by atoms with Gasteiger partial charge in [-0.05, 0) is 31.9 Å². The van der Waals surface area contributed by atoms with Gasteiger partial charge in [-0.2, -0.15) is 30.2 Å². The van der Waals surface area contributed by atoms with Gasteiger partial charge in [-0.3, -0.25) is 0 Å². The summed E-state index contributed by atoms with van der Waals surface area (Å²) < 4.78 is 90.1. The van der Waals surface area contributed by atoms with Crippen molar-refractivity contribution in [3.63, 3.8) is 0 Å². The largest absolute Gasteiger partial charge is 0.442 e. The van der Waals surface area contributed by atoms with Crippen molar-refractivity contribution in [3.05, 3.63) is 0 Å². The van der Waals surface area contributed by atoms with Crippen molar-refractivity contribution in [3.8, 4) is 0 Å². The minimum absolute atomic E-state index is 1.21. The highest BCUT2D eigenvalue weighted by molar-refractivity contribution is 9.12. The molecule has 0 amide bonds. The van der Waals surface area contributed by atoms with Gasteiger partial charge in [0.15, 0.2) is 0 Å². The molecule has 0 rings (SSSR count). The molecule has 0 heterocycles. The number of hydrogen-bond donors (Lipinski definition) is 0. The first-order chi connectivity index (χ1) is 6.21. The van der Waals surface area contributed by atoms with Gasteiger partial charge in [0.25, 0.3) is 0 Å². The van der Waals surface area contributed by atoms with Crippen LogP contribution in [0.5, 0.6) is 0 Å². The predicted octanol–water partition coefficient (Wildman–Crippen LogP) is 2.86. The van der Waals surface area contributed by atoms with Crippen molar-refractivity contribution in [2.45, 2.75) is 15.5 Å². The SMILES string of the molecule is O=S(=O)(F)OC(F)(F)C(F)(Br)C(F)(F)Br. The Balaban J connectivity index is 5.21. The second kappa shape index (κ2) is 4.04. The molecular weight excluding hydrogens is 390 g/mol. The third kappa shape index (κ3) is 3.75. The van der Waals surface area contributed by atoms with E-state index in [4.69, 9.17) is 0 Å². The molecule has 0 radical (unpaired) electrons. The molecule has 15 heavy (non-hydrogen) atoms. The van der Waals surface area contributed by atoms with Gasteiger partial charge < -0.3 is 0 Å². The number of hydrogen-bond acceptors (Lipinski definition) is 3. The molecule has 0 saturated carbocycles. The van der Waals surface area contributed by atoms with Gasteiger partial charge >= 0.3 is 26.0 Å². The Morgan fingerprint density at radius 2 is 1.33 bits per heavy atom. The summed E-state index contributed by atoms with van der Waals surface area (Å²) in [6.45, 7) is 0. The minimum Gasteiger partial charge on any atom is -0.213 e. The lowest BCUT2D eigenvalue weighted by atomic mass is 10.4. The van der Waals surface area contributed by atoms with E-state index < -0.39 is 26.0 Å². The zero-order valence-electron chi connectivity index (χ0n) is 6.16. The van der Waals surface area contributed by atoms with Crippen LogP contribution in [0.2, 0.25) is 0 Å². The van der Waals surface area contributed by atoms with Crippen LogP contribution in [0, 0.1) is 0 Å². The molecule has 0 aliphatic heterocycles. The van der Waals surface area contributed by atoms with Gasteiger partial charge in [-0.25, -0.2) is 4.39 Å². The molecule has 1 atom stereocenters. The Morgan fingerprint density at radius 1 is 1.00 bits per heavy atom. The summed E-state index contributed by atoms with van der Waals surface area (Å²) in [6.07, 6.45) is -5.65. The highest BCUT2D eigenvalue weighted by Gasteiger charge is 2.71. The van der Waals surface area contributed by atoms with Gasteiger partial charge in [0, 0.05) is 0 Å². The quantitative estimate of drug-likeness (QED) is 0.422. The fourth-order valence-corrected chi connectivity index (χ4v) is 1.13. The lowest BCUT2D eigenvalue weighted by Crippen LogP contribution is -2.51. The zero-order valence-corrected chi connectivity index (χ0v) is 10.1. The monoisotopic (exact) mass is 388 g/mol. The summed E-state index contributed by atoms with van der Waals surface area (Å²) in [5.41, 5.74) is 0. The minimum atomic E-state index is -6.30. The third-order valence-electron chi connectivity index (χ3n) is 0.926. The maximum atomic E-state index is 12.7. The van der Waals surface area contributed by atoms with Gasteiger partial charge in [-0.15, -0.1) is 0 Å². The molecule has 0 spiro atoms. The molecule has 0 aromatic heterocycles. The van der Waals surface area contributed by atoms with Gasteiger partial charge in [0.1, 0.15) is 0 Å². The van der Waals surface area contributed by atoms with Gasteiger partial charge in [0.2, 0.25) is 0 Å². The molecule has 92 valence electrons. The molecule has 0 N–H and O–H groups in total. The summed E-state index contributed by atoms with van der Waals surface area (Å²) >= 11 is 2.42. The van der Waals surface area contributed by atoms with Crippen LogP contribution < -0.4 is 0 Å². The van der Waals surface area contributed by atoms with Crippen LogP contribution in [0.1, 0.15) is 0 Å². The van der Waals surface area contributed by atoms with Crippen molar-refractivity contribution in [1.82, 2.24) is 0 Å². The van der Waals surface area contributed by atoms with Crippen LogP contribution in [0.4, 0.5) is 25.8 Å². The summed E-state index contributed by atoms with van der Waals surface area (Å²) in [5.74, 6) is 0. The van der Waals surface area contributed by atoms with Crippen LogP contribution in [0.25, 0.3) is 0 Å². The van der Waals surface area contributed by atoms with Crippen LogP contribution in [-0.2, 0) is 14.7 Å². The Kier molecular flexibility index (Phi) is 4.16. The zero-order chi connectivity index (χ0) is 12.7. The molecule has 0 aliphatic carbocycles. The van der Waals surface area contributed by atoms with Crippen LogP contribution in [0.3, 0.4) is 0 Å². The second-order valence-electron chi connectivity index (χ2n) is 2.07. The fourth-order valence-electron chi connectivity index (χ4n) is 0.342. The van der Waals surface area contributed by atoms with E-state index in [-0.39, 0.29) is 0 Å². The first kappa shape index (κ1) is 15.4. The molecule has 0 aromatic carbocycles. The van der Waals surface area contributed by atoms with E-state index in [9.17, 15) is 34.3 Å². The number of halogens is 8. The maximum Gasteiger partial charge on any atom is 0.442 e. The Labute approximate surface area is 96.4 Å². The summed E-state index contributed by atoms with van der Waals surface area (Å²) in [5, 5.41) is 0. The first-order valence-corrected chi connectivity index (χ1v) is 5.58. The Bertz CT molecular complexity index is 334. The molecule has 3 nitrogen and oxygen atoms in total. The standard InChI is InChI=1S/C3Br2F6O3S/c4-1(6,2(5,7)8)3(9,10)14-15(11,12)13. The van der Waals surface area contributed by atoms with E-state index in [2.05, 4.69) is 4.18 Å². The smallest absolute Gasteiger partial charge is 0.213 e. The normalized spacial score (nSPS) is 18.7. The van der Waals surface area contributed by atoms with Crippen molar-refractivity contribution in [2.24, 2.45) is 0 Å². The summed E-state index contributed by atoms with van der Waals surface area (Å²) in [4.78, 5) is -4.89. The van der Waals surface area contributed by atoms with Crippen molar-refractivity contribution < 1.29 is 38.4 Å². The highest BCUT2D eigenvalue weighted by Crippen LogP contribution is 2.52. The predicted molar refractivity (Wildman–Crippen MR) is 42.7 cm³/mol. The van der Waals surface area contributed by atoms with Gasteiger partial charge in [-0.1, -0.05) is 3.89 Å². The molecule has 0 saturated heterocycles. The van der Waals surface area contributed by atoms with Crippen LogP contribution in [-0.4, -0.2) is 23.9 Å². The summed E-state index contributed by atoms with van der Waals surface area (Å²) in [7, 11) is -6.30. The van der Waals surface area contributed by atoms with E-state index in [1.165, 1.54) is 31.9 Å². The van der Waals surface area contributed by atoms with Crippen molar-refractivity contribution in [2.75, 3.05) is 0 Å². The molecule has 0 aromatic rings. The van der Waals surface area contributed by atoms with Crippen molar-refractivity contribution in [1.29, 1.82) is 0 Å². The van der Waals surface area contributed by atoms with E-state index in [0.29, 0.717) is 0 Å². The average molecular weight is 390 g/mol. The third-order valence-corrected chi connectivity index (χ3v) is 3.37. The first-order valence-electron chi connectivity index (χ1n) is 2.68.